The number of pyridine rings is 1. The van der Waals surface area contributed by atoms with E-state index in [1.165, 1.54) is 22.3 Å². The summed E-state index contributed by atoms with van der Waals surface area (Å²) in [5.74, 6) is 0.137. The fourth-order valence-electron chi connectivity index (χ4n) is 2.94. The van der Waals surface area contributed by atoms with Crippen LogP contribution in [0, 0.1) is 6.92 Å². The Morgan fingerprint density at radius 1 is 1.07 bits per heavy atom. The van der Waals surface area contributed by atoms with Gasteiger partial charge in [-0.3, -0.25) is 4.57 Å². The van der Waals surface area contributed by atoms with Gasteiger partial charge in [-0.2, -0.15) is 18.2 Å². The maximum atomic E-state index is 12.8. The topological polar surface area (TPSA) is 77.6 Å². The van der Waals surface area contributed by atoms with Gasteiger partial charge in [0.25, 0.3) is 0 Å². The molecular formula is C19H15F3N6O. The molecule has 29 heavy (non-hydrogen) atoms. The number of benzene rings is 1. The molecular weight excluding hydrogens is 385 g/mol. The molecule has 0 saturated heterocycles. The molecule has 148 valence electrons. The molecule has 0 aliphatic heterocycles. The van der Waals surface area contributed by atoms with Crippen molar-refractivity contribution in [2.45, 2.75) is 13.1 Å². The Kier molecular flexibility index (Phi) is 4.33. The first-order chi connectivity index (χ1) is 13.8. The molecule has 3 heterocycles. The molecule has 0 spiro atoms. The predicted molar refractivity (Wildman–Crippen MR) is 101 cm³/mol. The lowest BCUT2D eigenvalue weighted by Crippen LogP contribution is -2.20. The van der Waals surface area contributed by atoms with E-state index in [-0.39, 0.29) is 11.6 Å². The third-order valence-corrected chi connectivity index (χ3v) is 4.46. The molecule has 1 N–H and O–H groups in total. The number of hydrogen-bond acceptors (Lipinski definition) is 5. The third-order valence-electron chi connectivity index (χ3n) is 4.46. The van der Waals surface area contributed by atoms with Crippen molar-refractivity contribution in [1.82, 2.24) is 24.1 Å². The highest BCUT2D eigenvalue weighted by Crippen LogP contribution is 2.30. The number of nitrogens with zero attached hydrogens (tertiary/aromatic N) is 5. The summed E-state index contributed by atoms with van der Waals surface area (Å²) in [7, 11) is 1.62. The fourth-order valence-corrected chi connectivity index (χ4v) is 2.94. The Morgan fingerprint density at radius 2 is 1.79 bits per heavy atom. The molecule has 10 heteroatoms. The molecule has 0 radical (unpaired) electrons. The number of aryl methyl sites for hydroxylation is 2. The van der Waals surface area contributed by atoms with Gasteiger partial charge < -0.3 is 5.32 Å². The quantitative estimate of drug-likeness (QED) is 0.569. The molecule has 1 aromatic carbocycles. The maximum Gasteiger partial charge on any atom is 0.433 e. The van der Waals surface area contributed by atoms with Crippen LogP contribution in [0.3, 0.4) is 0 Å². The number of aromatic nitrogens is 5. The highest BCUT2D eigenvalue weighted by Gasteiger charge is 2.32. The number of nitrogens with one attached hydrogen (secondary N) is 1. The number of fused-ring (bicyclic) bond motifs is 1. The van der Waals surface area contributed by atoms with Gasteiger partial charge in [0.2, 0.25) is 5.95 Å². The number of hydrogen-bond donors (Lipinski definition) is 1. The van der Waals surface area contributed by atoms with E-state index in [2.05, 4.69) is 20.3 Å². The van der Waals surface area contributed by atoms with Crippen LogP contribution >= 0.6 is 0 Å². The van der Waals surface area contributed by atoms with Crippen molar-refractivity contribution in [3.63, 3.8) is 0 Å². The van der Waals surface area contributed by atoms with E-state index in [4.69, 9.17) is 0 Å². The normalized spacial score (nSPS) is 11.8. The van der Waals surface area contributed by atoms with E-state index in [9.17, 15) is 18.0 Å². The highest BCUT2D eigenvalue weighted by molar-refractivity contribution is 5.75. The smallest absolute Gasteiger partial charge is 0.323 e. The van der Waals surface area contributed by atoms with Gasteiger partial charge in [0, 0.05) is 7.05 Å². The second kappa shape index (κ2) is 6.73. The van der Waals surface area contributed by atoms with Crippen LogP contribution in [0.1, 0.15) is 11.3 Å². The average Bonchev–Trinajstić information content (AvgIpc) is 2.93. The van der Waals surface area contributed by atoms with Gasteiger partial charge in [0.1, 0.15) is 11.2 Å². The molecule has 0 amide bonds. The van der Waals surface area contributed by atoms with Crippen molar-refractivity contribution >= 4 is 22.8 Å². The molecule has 0 unspecified atom stereocenters. The second-order valence-corrected chi connectivity index (χ2v) is 6.42. The van der Waals surface area contributed by atoms with Gasteiger partial charge in [0.05, 0.1) is 23.8 Å². The lowest BCUT2D eigenvalue weighted by Gasteiger charge is -2.11. The van der Waals surface area contributed by atoms with Gasteiger partial charge in [-0.1, -0.05) is 18.2 Å². The largest absolute Gasteiger partial charge is 0.433 e. The number of alkyl halides is 3. The zero-order valence-electron chi connectivity index (χ0n) is 15.4. The zero-order chi connectivity index (χ0) is 20.8. The number of anilines is 2. The molecule has 4 rings (SSSR count). The van der Waals surface area contributed by atoms with Crippen LogP contribution in [0.15, 0.2) is 53.6 Å². The minimum absolute atomic E-state index is 0.137. The van der Waals surface area contributed by atoms with Crippen LogP contribution in [0.5, 0.6) is 0 Å². The Balaban J connectivity index is 1.78. The minimum atomic E-state index is -4.52. The van der Waals surface area contributed by atoms with E-state index in [1.54, 1.807) is 31.3 Å². The summed E-state index contributed by atoms with van der Waals surface area (Å²) in [5.41, 5.74) is 0.944. The Labute approximate surface area is 162 Å². The van der Waals surface area contributed by atoms with Crippen LogP contribution in [0.2, 0.25) is 0 Å². The molecule has 0 atom stereocenters. The summed E-state index contributed by atoms with van der Waals surface area (Å²) in [6, 6.07) is 9.95. The number of imidazole rings is 1. The molecule has 0 fully saturated rings. The molecule has 7 nitrogen and oxygen atoms in total. The summed E-state index contributed by atoms with van der Waals surface area (Å²) >= 11 is 0. The number of rotatable bonds is 3. The molecule has 0 saturated carbocycles. The van der Waals surface area contributed by atoms with E-state index < -0.39 is 11.9 Å². The maximum absolute atomic E-state index is 12.8. The molecule has 3 aromatic heterocycles. The van der Waals surface area contributed by atoms with Crippen LogP contribution in [0.25, 0.3) is 16.9 Å². The van der Waals surface area contributed by atoms with Crippen molar-refractivity contribution in [1.29, 1.82) is 0 Å². The predicted octanol–water partition coefficient (Wildman–Crippen LogP) is 3.59. The summed E-state index contributed by atoms with van der Waals surface area (Å²) < 4.78 is 41.3. The summed E-state index contributed by atoms with van der Waals surface area (Å²) in [4.78, 5) is 24.7. The summed E-state index contributed by atoms with van der Waals surface area (Å²) in [6.07, 6.45) is -1.95. The highest BCUT2D eigenvalue weighted by atomic mass is 19.4. The molecule has 0 bridgehead atoms. The van der Waals surface area contributed by atoms with Crippen molar-refractivity contribution < 1.29 is 13.2 Å². The van der Waals surface area contributed by atoms with Gasteiger partial charge >= 0.3 is 11.9 Å². The average molecular weight is 400 g/mol. The van der Waals surface area contributed by atoms with Gasteiger partial charge in [-0.05, 0) is 30.7 Å². The van der Waals surface area contributed by atoms with Crippen molar-refractivity contribution in [2.24, 2.45) is 7.05 Å². The fraction of sp³-hybridized carbons (Fsp3) is 0.158. The van der Waals surface area contributed by atoms with E-state index >= 15 is 0 Å². The summed E-state index contributed by atoms with van der Waals surface area (Å²) in [5, 5.41) is 2.87. The zero-order valence-corrected chi connectivity index (χ0v) is 15.4. The van der Waals surface area contributed by atoms with E-state index in [1.807, 2.05) is 6.07 Å². The Hall–Kier alpha value is -3.69. The monoisotopic (exact) mass is 400 g/mol. The first-order valence-corrected chi connectivity index (χ1v) is 8.56. The van der Waals surface area contributed by atoms with E-state index in [0.717, 1.165) is 12.3 Å². The van der Waals surface area contributed by atoms with Crippen molar-refractivity contribution in [3.8, 4) is 5.69 Å². The van der Waals surface area contributed by atoms with Crippen molar-refractivity contribution in [2.75, 3.05) is 5.32 Å². The minimum Gasteiger partial charge on any atom is -0.323 e. The lowest BCUT2D eigenvalue weighted by molar-refractivity contribution is -0.141. The Bertz CT molecular complexity index is 1260. The van der Waals surface area contributed by atoms with Crippen molar-refractivity contribution in [3.05, 3.63) is 70.5 Å². The first kappa shape index (κ1) is 18.7. The SMILES string of the molecule is Cc1cc(C(F)(F)F)ncc1Nc1ncc2c(n1)n(-c1ccccc1)c(=O)n2C. The van der Waals surface area contributed by atoms with Crippen LogP contribution < -0.4 is 11.0 Å². The van der Waals surface area contributed by atoms with E-state index in [0.29, 0.717) is 28.1 Å². The molecule has 0 aliphatic rings. The number of para-hydroxylation sites is 1. The van der Waals surface area contributed by atoms with Gasteiger partial charge in [-0.15, -0.1) is 0 Å². The van der Waals surface area contributed by atoms with Crippen LogP contribution in [-0.4, -0.2) is 24.1 Å². The molecule has 0 aliphatic carbocycles. The lowest BCUT2D eigenvalue weighted by atomic mass is 10.2. The third kappa shape index (κ3) is 3.33. The van der Waals surface area contributed by atoms with Gasteiger partial charge in [-0.25, -0.2) is 19.3 Å². The van der Waals surface area contributed by atoms with Crippen LogP contribution in [0.4, 0.5) is 24.8 Å². The Morgan fingerprint density at radius 3 is 2.45 bits per heavy atom. The van der Waals surface area contributed by atoms with Crippen LogP contribution in [-0.2, 0) is 13.2 Å². The number of halogens is 3. The summed E-state index contributed by atoms with van der Waals surface area (Å²) in [6.45, 7) is 1.53. The molecule has 4 aromatic rings. The van der Waals surface area contributed by atoms with Gasteiger partial charge in [0.15, 0.2) is 5.65 Å². The first-order valence-electron chi connectivity index (χ1n) is 8.56. The second-order valence-electron chi connectivity index (χ2n) is 6.42. The standard InChI is InChI=1S/C19H15F3N6O/c1-11-8-15(19(20,21)22)23-9-13(11)25-17-24-10-14-16(26-17)28(18(29)27(14)2)12-6-4-3-5-7-12/h3-10H,1-2H3,(H,24,25,26).